The number of carbonyl (C=O) groups is 1. The van der Waals surface area contributed by atoms with Crippen LogP contribution in [0.5, 0.6) is 5.75 Å². The van der Waals surface area contributed by atoms with Crippen LogP contribution in [-0.2, 0) is 4.79 Å². The Morgan fingerprint density at radius 2 is 2.24 bits per heavy atom. The molecule has 0 amide bonds. The Bertz CT molecular complexity index is 576. The number of nitrogens with zero attached hydrogens (tertiary/aromatic N) is 1. The van der Waals surface area contributed by atoms with Gasteiger partial charge in [-0.25, -0.2) is 0 Å². The topological polar surface area (TPSA) is 62.5 Å². The second-order valence-electron chi connectivity index (χ2n) is 4.03. The van der Waals surface area contributed by atoms with Crippen LogP contribution < -0.4 is 0 Å². The van der Waals surface area contributed by atoms with Crippen LogP contribution in [0.4, 0.5) is 0 Å². The van der Waals surface area contributed by atoms with Crippen molar-refractivity contribution in [1.29, 1.82) is 0 Å². The molecule has 1 atom stereocenters. The number of hydrogen-bond acceptors (Lipinski definition) is 2. The predicted molar refractivity (Wildman–Crippen MR) is 65.6 cm³/mol. The molecule has 1 heterocycles. The van der Waals surface area contributed by atoms with Crippen molar-refractivity contribution in [2.24, 2.45) is 0 Å². The first-order valence-corrected chi connectivity index (χ1v) is 5.57. The van der Waals surface area contributed by atoms with E-state index in [-0.39, 0.29) is 18.2 Å². The zero-order chi connectivity index (χ0) is 12.6. The Labute approximate surface area is 103 Å². The summed E-state index contributed by atoms with van der Waals surface area (Å²) in [5, 5.41) is 19.8. The first kappa shape index (κ1) is 11.8. The van der Waals surface area contributed by atoms with Crippen LogP contribution in [0, 0.1) is 0 Å². The van der Waals surface area contributed by atoms with Crippen LogP contribution >= 0.6 is 11.6 Å². The summed E-state index contributed by atoms with van der Waals surface area (Å²) in [7, 11) is 0. The lowest BCUT2D eigenvalue weighted by Crippen LogP contribution is -2.09. The van der Waals surface area contributed by atoms with Crippen molar-refractivity contribution < 1.29 is 15.0 Å². The Hall–Kier alpha value is -1.68. The van der Waals surface area contributed by atoms with E-state index in [1.807, 2.05) is 0 Å². The molecule has 4 nitrogen and oxygen atoms in total. The molecule has 2 aromatic rings. The van der Waals surface area contributed by atoms with Gasteiger partial charge in [-0.3, -0.25) is 4.79 Å². The quantitative estimate of drug-likeness (QED) is 0.884. The monoisotopic (exact) mass is 253 g/mol. The predicted octanol–water partition coefficient (Wildman–Crippen LogP) is 3.04. The van der Waals surface area contributed by atoms with Crippen molar-refractivity contribution in [2.45, 2.75) is 19.4 Å². The molecule has 1 aromatic heterocycles. The van der Waals surface area contributed by atoms with Gasteiger partial charge in [-0.1, -0.05) is 11.6 Å². The fourth-order valence-corrected chi connectivity index (χ4v) is 2.09. The molecule has 0 bridgehead atoms. The first-order valence-electron chi connectivity index (χ1n) is 5.20. The van der Waals surface area contributed by atoms with Crippen LogP contribution in [0.3, 0.4) is 0 Å². The lowest BCUT2D eigenvalue weighted by Gasteiger charge is -2.12. The zero-order valence-corrected chi connectivity index (χ0v) is 9.98. The smallest absolute Gasteiger partial charge is 0.305 e. The van der Waals surface area contributed by atoms with Crippen molar-refractivity contribution in [1.82, 2.24) is 4.57 Å². The molecule has 2 N–H and O–H groups in total. The molecule has 2 rings (SSSR count). The van der Waals surface area contributed by atoms with Gasteiger partial charge in [-0.2, -0.15) is 0 Å². The lowest BCUT2D eigenvalue weighted by molar-refractivity contribution is -0.137. The van der Waals surface area contributed by atoms with Gasteiger partial charge in [0.25, 0.3) is 0 Å². The van der Waals surface area contributed by atoms with E-state index in [1.165, 1.54) is 6.20 Å². The molecule has 0 aliphatic rings. The molecular formula is C12H12ClNO3. The molecular weight excluding hydrogens is 242 g/mol. The summed E-state index contributed by atoms with van der Waals surface area (Å²) >= 11 is 5.90. The van der Waals surface area contributed by atoms with Crippen LogP contribution in [0.2, 0.25) is 5.02 Å². The average Bonchev–Trinajstić information content (AvgIpc) is 2.54. The average molecular weight is 254 g/mol. The fraction of sp³-hybridized carbons (Fsp3) is 0.250. The third-order valence-corrected chi connectivity index (χ3v) is 2.96. The van der Waals surface area contributed by atoms with E-state index >= 15 is 0 Å². The molecule has 0 radical (unpaired) electrons. The highest BCUT2D eigenvalue weighted by Gasteiger charge is 2.15. The summed E-state index contributed by atoms with van der Waals surface area (Å²) in [6, 6.07) is 4.89. The molecule has 1 aromatic carbocycles. The van der Waals surface area contributed by atoms with Crippen LogP contribution in [0.15, 0.2) is 24.4 Å². The third kappa shape index (κ3) is 2.22. The van der Waals surface area contributed by atoms with E-state index in [1.54, 1.807) is 29.7 Å². The summed E-state index contributed by atoms with van der Waals surface area (Å²) < 4.78 is 1.73. The summed E-state index contributed by atoms with van der Waals surface area (Å²) in [5.74, 6) is -0.741. The molecule has 0 saturated heterocycles. The summed E-state index contributed by atoms with van der Waals surface area (Å²) in [4.78, 5) is 10.7. The number of fused-ring (bicyclic) bond motifs is 1. The number of aromatic hydroxyl groups is 1. The molecule has 0 fully saturated rings. The number of carboxylic acid groups (broad SMARTS) is 1. The minimum atomic E-state index is -0.874. The van der Waals surface area contributed by atoms with Crippen LogP contribution in [0.1, 0.15) is 19.4 Å². The number of hydrogen-bond donors (Lipinski definition) is 2. The zero-order valence-electron chi connectivity index (χ0n) is 9.22. The fourth-order valence-electron chi connectivity index (χ4n) is 1.92. The minimum Gasteiger partial charge on any atom is -0.506 e. The molecule has 0 aliphatic heterocycles. The number of aromatic nitrogens is 1. The summed E-state index contributed by atoms with van der Waals surface area (Å²) in [6.07, 6.45) is 1.53. The highest BCUT2D eigenvalue weighted by Crippen LogP contribution is 2.32. The van der Waals surface area contributed by atoms with Crippen molar-refractivity contribution in [3.63, 3.8) is 0 Å². The Kier molecular flexibility index (Phi) is 2.98. The van der Waals surface area contributed by atoms with E-state index < -0.39 is 5.97 Å². The van der Waals surface area contributed by atoms with E-state index in [0.717, 1.165) is 5.52 Å². The van der Waals surface area contributed by atoms with Gasteiger partial charge in [0.05, 0.1) is 11.9 Å². The van der Waals surface area contributed by atoms with Gasteiger partial charge in [0.15, 0.2) is 0 Å². The van der Waals surface area contributed by atoms with E-state index in [4.69, 9.17) is 16.7 Å². The highest BCUT2D eigenvalue weighted by atomic mass is 35.5. The van der Waals surface area contributed by atoms with Crippen molar-refractivity contribution in [3.05, 3.63) is 29.4 Å². The van der Waals surface area contributed by atoms with Gasteiger partial charge in [0.1, 0.15) is 5.75 Å². The van der Waals surface area contributed by atoms with Gasteiger partial charge in [0, 0.05) is 22.6 Å². The molecule has 90 valence electrons. The molecule has 1 unspecified atom stereocenters. The van der Waals surface area contributed by atoms with Gasteiger partial charge in [-0.15, -0.1) is 0 Å². The Morgan fingerprint density at radius 3 is 2.88 bits per heavy atom. The second-order valence-corrected chi connectivity index (χ2v) is 4.47. The molecule has 5 heteroatoms. The maximum Gasteiger partial charge on any atom is 0.305 e. The largest absolute Gasteiger partial charge is 0.506 e. The summed E-state index contributed by atoms with van der Waals surface area (Å²) in [6.45, 7) is 1.79. The Balaban J connectivity index is 2.53. The number of carboxylic acids is 1. The minimum absolute atomic E-state index is 0.00423. The standard InChI is InChI=1S/C12H12ClNO3/c1-7(4-12(16)17)14-6-11(15)9-3-2-8(13)5-10(9)14/h2-3,5-7,15H,4H2,1H3,(H,16,17). The normalized spacial score (nSPS) is 12.8. The van der Waals surface area contributed by atoms with Crippen LogP contribution in [0.25, 0.3) is 10.9 Å². The maximum absolute atomic E-state index is 10.7. The van der Waals surface area contributed by atoms with Gasteiger partial charge < -0.3 is 14.8 Å². The van der Waals surface area contributed by atoms with E-state index in [2.05, 4.69) is 0 Å². The lowest BCUT2D eigenvalue weighted by atomic mass is 10.2. The van der Waals surface area contributed by atoms with Crippen LogP contribution in [-0.4, -0.2) is 20.7 Å². The molecule has 17 heavy (non-hydrogen) atoms. The van der Waals surface area contributed by atoms with Crippen molar-refractivity contribution in [3.8, 4) is 5.75 Å². The van der Waals surface area contributed by atoms with Crippen molar-refractivity contribution in [2.75, 3.05) is 0 Å². The van der Waals surface area contributed by atoms with Crippen molar-refractivity contribution >= 4 is 28.5 Å². The number of halogens is 1. The number of aliphatic carboxylic acids is 1. The van der Waals surface area contributed by atoms with E-state index in [9.17, 15) is 9.90 Å². The molecule has 0 aliphatic carbocycles. The van der Waals surface area contributed by atoms with Gasteiger partial charge >= 0.3 is 5.97 Å². The molecule has 0 spiro atoms. The third-order valence-electron chi connectivity index (χ3n) is 2.72. The number of benzene rings is 1. The maximum atomic E-state index is 10.7. The second kappa shape index (κ2) is 4.30. The van der Waals surface area contributed by atoms with Gasteiger partial charge in [0.2, 0.25) is 0 Å². The van der Waals surface area contributed by atoms with E-state index in [0.29, 0.717) is 10.4 Å². The highest BCUT2D eigenvalue weighted by molar-refractivity contribution is 6.31. The first-order chi connectivity index (χ1) is 7.99. The number of rotatable bonds is 3. The summed E-state index contributed by atoms with van der Waals surface area (Å²) in [5.41, 5.74) is 0.740. The van der Waals surface area contributed by atoms with Gasteiger partial charge in [-0.05, 0) is 25.1 Å². The SMILES string of the molecule is CC(CC(=O)O)n1cc(O)c2ccc(Cl)cc21. The Morgan fingerprint density at radius 1 is 1.53 bits per heavy atom. The molecule has 0 saturated carbocycles.